The third kappa shape index (κ3) is 5.62. The molecule has 0 fully saturated rings. The van der Waals surface area contributed by atoms with E-state index in [1.165, 1.54) is 29.7 Å². The number of rotatable bonds is 11. The molecule has 0 bridgehead atoms. The quantitative estimate of drug-likeness (QED) is 0.207. The van der Waals surface area contributed by atoms with Crippen LogP contribution in [0.4, 0.5) is 0 Å². The van der Waals surface area contributed by atoms with Gasteiger partial charge in [0.25, 0.3) is 15.7 Å². The van der Waals surface area contributed by atoms with Gasteiger partial charge in [-0.3, -0.25) is 14.6 Å². The summed E-state index contributed by atoms with van der Waals surface area (Å²) in [6.45, 7) is -0.185. The van der Waals surface area contributed by atoms with Crippen molar-refractivity contribution >= 4 is 15.7 Å². The highest BCUT2D eigenvalue weighted by molar-refractivity contribution is 7.91. The largest absolute Gasteiger partial charge is 0.452 e. The number of hydroxylamine groups is 1. The molecule has 1 amide bonds. The first-order valence-corrected chi connectivity index (χ1v) is 9.06. The third-order valence-corrected chi connectivity index (χ3v) is 4.78. The second-order valence-electron chi connectivity index (χ2n) is 4.91. The zero-order chi connectivity index (χ0) is 19.7. The molecular formula is C14H17N3O9S. The molecule has 2 aromatic rings. The number of aromatic nitrogens is 2. The highest BCUT2D eigenvalue weighted by Gasteiger charge is 2.35. The summed E-state index contributed by atoms with van der Waals surface area (Å²) in [6.07, 6.45) is 0. The lowest BCUT2D eigenvalue weighted by Crippen LogP contribution is -2.31. The third-order valence-electron chi connectivity index (χ3n) is 3.05. The van der Waals surface area contributed by atoms with Crippen molar-refractivity contribution in [2.75, 3.05) is 33.0 Å². The van der Waals surface area contributed by atoms with Gasteiger partial charge in [-0.2, -0.15) is 0 Å². The molecule has 12 nitrogen and oxygen atoms in total. The Kier molecular flexibility index (Phi) is 7.48. The van der Waals surface area contributed by atoms with Gasteiger partial charge in [-0.05, 0) is 17.0 Å². The van der Waals surface area contributed by atoms with Gasteiger partial charge < -0.3 is 19.4 Å². The number of hydrogen-bond donors (Lipinski definition) is 2. The molecule has 0 unspecified atom stereocenters. The zero-order valence-electron chi connectivity index (χ0n) is 13.9. The van der Waals surface area contributed by atoms with Gasteiger partial charge in [-0.15, -0.1) is 0 Å². The van der Waals surface area contributed by atoms with Gasteiger partial charge in [0.15, 0.2) is 0 Å². The fraction of sp³-hybridized carbons (Fsp3) is 0.357. The van der Waals surface area contributed by atoms with Crippen molar-refractivity contribution < 1.29 is 42.2 Å². The Hall–Kier alpha value is -2.74. The summed E-state index contributed by atoms with van der Waals surface area (Å²) in [4.78, 5) is 10.3. The van der Waals surface area contributed by atoms with Crippen LogP contribution < -0.4 is 15.1 Å². The first-order valence-electron chi connectivity index (χ1n) is 7.58. The molecule has 0 aliphatic carbocycles. The van der Waals surface area contributed by atoms with Crippen LogP contribution in [0, 0.1) is 5.21 Å². The molecule has 0 saturated heterocycles. The molecule has 0 spiro atoms. The maximum absolute atomic E-state index is 12.5. The molecule has 148 valence electrons. The number of hydrogen-bond acceptors (Lipinski definition) is 10. The molecule has 1 heterocycles. The van der Waals surface area contributed by atoms with E-state index in [0.717, 1.165) is 0 Å². The first kappa shape index (κ1) is 20.6. The van der Waals surface area contributed by atoms with Crippen LogP contribution in [-0.2, 0) is 24.1 Å². The Morgan fingerprint density at radius 1 is 1.19 bits per heavy atom. The summed E-state index contributed by atoms with van der Waals surface area (Å²) >= 11 is 0. The fourth-order valence-corrected chi connectivity index (χ4v) is 3.15. The van der Waals surface area contributed by atoms with Gasteiger partial charge in [-0.25, -0.2) is 13.9 Å². The van der Waals surface area contributed by atoms with E-state index in [9.17, 15) is 18.4 Å². The minimum atomic E-state index is -4.17. The second-order valence-corrected chi connectivity index (χ2v) is 6.77. The van der Waals surface area contributed by atoms with Crippen LogP contribution in [0.5, 0.6) is 5.88 Å². The maximum Gasteiger partial charge on any atom is 0.415 e. The number of sulfone groups is 1. The molecule has 0 saturated carbocycles. The van der Waals surface area contributed by atoms with E-state index in [1.54, 1.807) is 6.07 Å². The minimum absolute atomic E-state index is 0.0338. The summed E-state index contributed by atoms with van der Waals surface area (Å²) in [7, 11) is -4.17. The Labute approximate surface area is 153 Å². The number of ether oxygens (including phenoxy) is 3. The van der Waals surface area contributed by atoms with Crippen molar-refractivity contribution in [3.63, 3.8) is 0 Å². The molecule has 27 heavy (non-hydrogen) atoms. The Morgan fingerprint density at radius 2 is 1.85 bits per heavy atom. The molecule has 1 aromatic carbocycles. The fourth-order valence-electron chi connectivity index (χ4n) is 1.86. The van der Waals surface area contributed by atoms with E-state index >= 15 is 0 Å². The Bertz CT molecular complexity index is 839. The first-order chi connectivity index (χ1) is 13.0. The van der Waals surface area contributed by atoms with Crippen molar-refractivity contribution in [3.8, 4) is 5.88 Å². The van der Waals surface area contributed by atoms with Crippen LogP contribution in [0.1, 0.15) is 0 Å². The molecule has 13 heteroatoms. The normalized spacial score (nSPS) is 11.3. The molecule has 0 aliphatic rings. The van der Waals surface area contributed by atoms with Crippen LogP contribution in [0.3, 0.4) is 0 Å². The summed E-state index contributed by atoms with van der Waals surface area (Å²) in [5, 5.41) is 22.5. The van der Waals surface area contributed by atoms with Crippen molar-refractivity contribution in [3.05, 3.63) is 35.5 Å². The molecular weight excluding hydrogens is 386 g/mol. The predicted molar refractivity (Wildman–Crippen MR) is 84.4 cm³/mol. The number of carbonyl (C=O) groups is 1. The van der Waals surface area contributed by atoms with Crippen LogP contribution in [0.2, 0.25) is 0 Å². The van der Waals surface area contributed by atoms with Crippen molar-refractivity contribution in [1.82, 2.24) is 10.6 Å². The van der Waals surface area contributed by atoms with E-state index in [-0.39, 0.29) is 42.8 Å². The molecule has 1 aromatic heterocycles. The Balaban J connectivity index is 1.84. The van der Waals surface area contributed by atoms with Crippen LogP contribution in [-0.4, -0.2) is 57.7 Å². The minimum Gasteiger partial charge on any atom is -0.452 e. The van der Waals surface area contributed by atoms with Crippen molar-refractivity contribution in [1.29, 1.82) is 0 Å². The number of nitrogens with one attached hydrogen (secondary N) is 1. The van der Waals surface area contributed by atoms with E-state index < -0.39 is 26.7 Å². The number of nitrogens with zero attached hydrogens (tertiary/aromatic N) is 2. The molecule has 0 atom stereocenters. The van der Waals surface area contributed by atoms with Crippen LogP contribution in [0.15, 0.2) is 44.9 Å². The SMILES string of the molecule is O=C(COCCOCCOc1no[n+]([O-])c1S(=O)(=O)c1ccccc1)NO. The van der Waals surface area contributed by atoms with Gasteiger partial charge in [-0.1, -0.05) is 18.2 Å². The van der Waals surface area contributed by atoms with Gasteiger partial charge in [0.1, 0.15) is 13.2 Å². The lowest BCUT2D eigenvalue weighted by molar-refractivity contribution is -0.832. The summed E-state index contributed by atoms with van der Waals surface area (Å²) in [5.74, 6) is -1.17. The number of carbonyl (C=O) groups excluding carboxylic acids is 1. The predicted octanol–water partition coefficient (Wildman–Crippen LogP) is -0.942. The maximum atomic E-state index is 12.5. The molecule has 2 rings (SSSR count). The van der Waals surface area contributed by atoms with Gasteiger partial charge in [0, 0.05) is 0 Å². The highest BCUT2D eigenvalue weighted by atomic mass is 32.2. The van der Waals surface area contributed by atoms with Gasteiger partial charge in [0.2, 0.25) is 0 Å². The second kappa shape index (κ2) is 9.82. The van der Waals surface area contributed by atoms with Crippen molar-refractivity contribution in [2.24, 2.45) is 0 Å². The lowest BCUT2D eigenvalue weighted by atomic mass is 10.4. The van der Waals surface area contributed by atoms with Crippen molar-refractivity contribution in [2.45, 2.75) is 9.92 Å². The van der Waals surface area contributed by atoms with E-state index in [0.29, 0.717) is 0 Å². The lowest BCUT2D eigenvalue weighted by Gasteiger charge is -2.05. The summed E-state index contributed by atoms with van der Waals surface area (Å²) in [5.41, 5.74) is 1.41. The number of benzene rings is 1. The topological polar surface area (TPSA) is 164 Å². The number of amides is 1. The Morgan fingerprint density at radius 3 is 2.56 bits per heavy atom. The standard InChI is InChI=1S/C14H17N3O9S/c18-12(15-19)10-24-7-6-23-8-9-25-13-14(17(20)26-16-13)27(21,22)11-4-2-1-3-5-11/h1-5,19H,6-10H2,(H,15,18). The van der Waals surface area contributed by atoms with Gasteiger partial charge in [0.05, 0.1) is 29.9 Å². The van der Waals surface area contributed by atoms with Crippen LogP contribution in [0.25, 0.3) is 0 Å². The molecule has 0 radical (unpaired) electrons. The van der Waals surface area contributed by atoms with E-state index in [2.05, 4.69) is 9.79 Å². The molecule has 2 N–H and O–H groups in total. The zero-order valence-corrected chi connectivity index (χ0v) is 14.8. The summed E-state index contributed by atoms with van der Waals surface area (Å²) < 4.78 is 44.6. The molecule has 0 aliphatic heterocycles. The average molecular weight is 403 g/mol. The monoisotopic (exact) mass is 403 g/mol. The van der Waals surface area contributed by atoms with Crippen LogP contribution >= 0.6 is 0 Å². The summed E-state index contributed by atoms with van der Waals surface area (Å²) in [6, 6.07) is 7.30. The van der Waals surface area contributed by atoms with Gasteiger partial charge >= 0.3 is 10.9 Å². The van der Waals surface area contributed by atoms with E-state index in [1.807, 2.05) is 0 Å². The highest BCUT2D eigenvalue weighted by Crippen LogP contribution is 2.24. The van der Waals surface area contributed by atoms with E-state index in [4.69, 9.17) is 19.4 Å². The smallest absolute Gasteiger partial charge is 0.415 e. The average Bonchev–Trinajstić information content (AvgIpc) is 3.05.